The number of carbonyl (C=O) groups excluding carboxylic acids is 2. The molecule has 0 aliphatic carbocycles. The molecule has 6 heteroatoms. The topological polar surface area (TPSA) is 64.7 Å². The van der Waals surface area contributed by atoms with Gasteiger partial charge in [0.05, 0.1) is 0 Å². The highest BCUT2D eigenvalue weighted by molar-refractivity contribution is 5.78. The van der Waals surface area contributed by atoms with Gasteiger partial charge < -0.3 is 20.4 Å². The lowest BCUT2D eigenvalue weighted by Crippen LogP contribution is -2.47. The zero-order valence-electron chi connectivity index (χ0n) is 15.9. The molecule has 1 aliphatic rings. The molecule has 1 saturated heterocycles. The number of rotatable bonds is 10. The molecule has 1 fully saturated rings. The summed E-state index contributed by atoms with van der Waals surface area (Å²) < 4.78 is 0. The van der Waals surface area contributed by atoms with Crippen LogP contribution in [0.5, 0.6) is 0 Å². The van der Waals surface area contributed by atoms with E-state index in [0.717, 1.165) is 65.2 Å². The molecule has 2 amide bonds. The number of nitrogens with zero attached hydrogens (tertiary/aromatic N) is 2. The zero-order valence-corrected chi connectivity index (χ0v) is 15.9. The van der Waals surface area contributed by atoms with Gasteiger partial charge in [-0.15, -0.1) is 0 Å². The molecule has 0 bridgehead atoms. The minimum atomic E-state index is 0.0684. The highest BCUT2D eigenvalue weighted by atomic mass is 16.2. The third kappa shape index (κ3) is 8.64. The number of carbonyl (C=O) groups is 2. The van der Waals surface area contributed by atoms with Gasteiger partial charge in [-0.2, -0.15) is 0 Å². The third-order valence-electron chi connectivity index (χ3n) is 4.41. The molecule has 0 aromatic heterocycles. The molecule has 0 aromatic rings. The Morgan fingerprint density at radius 1 is 0.750 bits per heavy atom. The molecule has 0 atom stereocenters. The van der Waals surface area contributed by atoms with Gasteiger partial charge >= 0.3 is 0 Å². The van der Waals surface area contributed by atoms with Gasteiger partial charge in [0.1, 0.15) is 0 Å². The minimum Gasteiger partial charge on any atom is -0.356 e. The third-order valence-corrected chi connectivity index (χ3v) is 4.41. The second-order valence-corrected chi connectivity index (χ2v) is 7.28. The molecule has 24 heavy (non-hydrogen) atoms. The summed E-state index contributed by atoms with van der Waals surface area (Å²) >= 11 is 0. The van der Waals surface area contributed by atoms with Crippen molar-refractivity contribution in [2.24, 2.45) is 11.8 Å². The van der Waals surface area contributed by atoms with Crippen molar-refractivity contribution in [3.63, 3.8) is 0 Å². The van der Waals surface area contributed by atoms with E-state index in [2.05, 4.69) is 20.4 Å². The average molecular weight is 341 g/mol. The van der Waals surface area contributed by atoms with Gasteiger partial charge in [0, 0.05) is 51.1 Å². The number of hydrogen-bond acceptors (Lipinski definition) is 4. The summed E-state index contributed by atoms with van der Waals surface area (Å²) in [5, 5.41) is 5.94. The van der Waals surface area contributed by atoms with Crippen LogP contribution in [0.2, 0.25) is 0 Å². The first-order valence-electron chi connectivity index (χ1n) is 9.40. The quantitative estimate of drug-likeness (QED) is 0.581. The summed E-state index contributed by atoms with van der Waals surface area (Å²) in [5.41, 5.74) is 0. The summed E-state index contributed by atoms with van der Waals surface area (Å²) in [6.45, 7) is 15.7. The van der Waals surface area contributed by atoms with Crippen LogP contribution in [0.1, 0.15) is 40.5 Å². The van der Waals surface area contributed by atoms with E-state index in [-0.39, 0.29) is 23.7 Å². The van der Waals surface area contributed by atoms with Crippen LogP contribution in [0.15, 0.2) is 0 Å². The van der Waals surface area contributed by atoms with E-state index in [9.17, 15) is 9.59 Å². The van der Waals surface area contributed by atoms with Crippen molar-refractivity contribution in [2.75, 3.05) is 52.4 Å². The Balaban J connectivity index is 2.02. The Kier molecular flexibility index (Phi) is 9.95. The van der Waals surface area contributed by atoms with Crippen molar-refractivity contribution >= 4 is 11.8 Å². The molecule has 6 nitrogen and oxygen atoms in total. The Bertz CT molecular complexity index is 341. The molecule has 1 aliphatic heterocycles. The monoisotopic (exact) mass is 340 g/mol. The van der Waals surface area contributed by atoms with Crippen LogP contribution < -0.4 is 10.6 Å². The van der Waals surface area contributed by atoms with Crippen molar-refractivity contribution < 1.29 is 9.59 Å². The number of hydrogen-bond donors (Lipinski definition) is 2. The Morgan fingerprint density at radius 3 is 1.38 bits per heavy atom. The van der Waals surface area contributed by atoms with E-state index in [1.54, 1.807) is 0 Å². The van der Waals surface area contributed by atoms with Crippen LogP contribution in [0.4, 0.5) is 0 Å². The van der Waals surface area contributed by atoms with Gasteiger partial charge in [-0.3, -0.25) is 9.59 Å². The van der Waals surface area contributed by atoms with Crippen molar-refractivity contribution in [1.82, 2.24) is 20.4 Å². The lowest BCUT2D eigenvalue weighted by Gasteiger charge is -2.34. The van der Waals surface area contributed by atoms with Crippen LogP contribution in [-0.2, 0) is 9.59 Å². The van der Waals surface area contributed by atoms with Crippen molar-refractivity contribution in [3.05, 3.63) is 0 Å². The molecular formula is C18H36N4O2. The lowest BCUT2D eigenvalue weighted by molar-refractivity contribution is -0.124. The average Bonchev–Trinajstić information content (AvgIpc) is 2.56. The van der Waals surface area contributed by atoms with E-state index < -0.39 is 0 Å². The summed E-state index contributed by atoms with van der Waals surface area (Å²) in [4.78, 5) is 27.9. The molecule has 1 rings (SSSR count). The Labute approximate surface area is 147 Å². The van der Waals surface area contributed by atoms with Crippen molar-refractivity contribution in [2.45, 2.75) is 40.5 Å². The second kappa shape index (κ2) is 11.4. The van der Waals surface area contributed by atoms with E-state index in [4.69, 9.17) is 0 Å². The number of nitrogens with one attached hydrogen (secondary N) is 2. The molecule has 0 aromatic carbocycles. The Morgan fingerprint density at radius 2 is 1.08 bits per heavy atom. The molecule has 2 N–H and O–H groups in total. The van der Waals surface area contributed by atoms with Gasteiger partial charge in [-0.05, 0) is 25.9 Å². The fourth-order valence-electron chi connectivity index (χ4n) is 2.67. The highest BCUT2D eigenvalue weighted by Crippen LogP contribution is 2.03. The van der Waals surface area contributed by atoms with Gasteiger partial charge in [-0.25, -0.2) is 0 Å². The molecule has 1 heterocycles. The molecule has 0 unspecified atom stereocenters. The van der Waals surface area contributed by atoms with Crippen LogP contribution in [-0.4, -0.2) is 74.0 Å². The number of piperazine rings is 1. The largest absolute Gasteiger partial charge is 0.356 e. The molecule has 0 radical (unpaired) electrons. The van der Waals surface area contributed by atoms with Gasteiger partial charge in [-0.1, -0.05) is 27.7 Å². The fourth-order valence-corrected chi connectivity index (χ4v) is 2.67. The van der Waals surface area contributed by atoms with Crippen LogP contribution in [0.25, 0.3) is 0 Å². The lowest BCUT2D eigenvalue weighted by atomic mass is 10.2. The maximum Gasteiger partial charge on any atom is 0.222 e. The zero-order chi connectivity index (χ0) is 17.9. The van der Waals surface area contributed by atoms with Crippen molar-refractivity contribution in [3.8, 4) is 0 Å². The predicted octanol–water partition coefficient (Wildman–Crippen LogP) is 0.929. The molecule has 140 valence electrons. The normalized spacial score (nSPS) is 16.6. The van der Waals surface area contributed by atoms with Gasteiger partial charge in [0.2, 0.25) is 11.8 Å². The summed E-state index contributed by atoms with van der Waals surface area (Å²) in [6.07, 6.45) is 2.03. The first kappa shape index (κ1) is 20.9. The predicted molar refractivity (Wildman–Crippen MR) is 97.8 cm³/mol. The molecule has 0 spiro atoms. The molecule has 0 saturated carbocycles. The standard InChI is InChI=1S/C18H36N4O2/c1-15(2)17(23)19-7-5-9-21-11-13-22(14-12-21)10-6-8-20-18(24)16(3)4/h15-16H,5-14H2,1-4H3,(H,19,23)(H,20,24). The summed E-state index contributed by atoms with van der Waals surface area (Å²) in [5.74, 6) is 0.423. The summed E-state index contributed by atoms with van der Waals surface area (Å²) in [7, 11) is 0. The van der Waals surface area contributed by atoms with E-state index in [0.29, 0.717) is 0 Å². The first-order valence-corrected chi connectivity index (χ1v) is 9.40. The van der Waals surface area contributed by atoms with Gasteiger partial charge in [0.15, 0.2) is 0 Å². The maximum absolute atomic E-state index is 11.5. The van der Waals surface area contributed by atoms with E-state index in [1.807, 2.05) is 27.7 Å². The second-order valence-electron chi connectivity index (χ2n) is 7.28. The van der Waals surface area contributed by atoms with Gasteiger partial charge in [0.25, 0.3) is 0 Å². The molecular weight excluding hydrogens is 304 g/mol. The van der Waals surface area contributed by atoms with Crippen LogP contribution in [0, 0.1) is 11.8 Å². The Hall–Kier alpha value is -1.14. The van der Waals surface area contributed by atoms with E-state index >= 15 is 0 Å². The first-order chi connectivity index (χ1) is 11.4. The summed E-state index contributed by atoms with van der Waals surface area (Å²) in [6, 6.07) is 0. The SMILES string of the molecule is CC(C)C(=O)NCCCN1CCN(CCCNC(=O)C(C)C)CC1. The highest BCUT2D eigenvalue weighted by Gasteiger charge is 2.16. The fraction of sp³-hybridized carbons (Fsp3) is 0.889. The number of amides is 2. The van der Waals surface area contributed by atoms with Crippen LogP contribution >= 0.6 is 0 Å². The van der Waals surface area contributed by atoms with Crippen LogP contribution in [0.3, 0.4) is 0 Å². The van der Waals surface area contributed by atoms with E-state index in [1.165, 1.54) is 0 Å². The van der Waals surface area contributed by atoms with Crippen molar-refractivity contribution in [1.29, 1.82) is 0 Å². The maximum atomic E-state index is 11.5. The smallest absolute Gasteiger partial charge is 0.222 e. The minimum absolute atomic E-state index is 0.0684.